The second kappa shape index (κ2) is 8.16. The number of benzene rings is 2. The summed E-state index contributed by atoms with van der Waals surface area (Å²) in [5.74, 6) is 2.63. The number of aromatic nitrogens is 3. The highest BCUT2D eigenvalue weighted by atomic mass is 32.1. The molecule has 2 aromatic heterocycles. The third-order valence-corrected chi connectivity index (χ3v) is 7.25. The summed E-state index contributed by atoms with van der Waals surface area (Å²) in [5, 5.41) is 9.88. The lowest BCUT2D eigenvalue weighted by atomic mass is 9.96. The summed E-state index contributed by atoms with van der Waals surface area (Å²) in [4.78, 5) is 6.37. The molecule has 1 saturated heterocycles. The minimum absolute atomic E-state index is 0.181. The van der Waals surface area contributed by atoms with Crippen LogP contribution in [0.5, 0.6) is 5.75 Å². The second-order valence-electron chi connectivity index (χ2n) is 7.85. The minimum Gasteiger partial charge on any atom is -0.497 e. The molecule has 1 aliphatic rings. The maximum atomic E-state index is 6.02. The Kier molecular flexibility index (Phi) is 5.23. The van der Waals surface area contributed by atoms with Crippen LogP contribution in [0, 0.1) is 0 Å². The van der Waals surface area contributed by atoms with Crippen LogP contribution in [0.1, 0.15) is 42.6 Å². The third kappa shape index (κ3) is 3.70. The summed E-state index contributed by atoms with van der Waals surface area (Å²) in [7, 11) is 1.66. The van der Waals surface area contributed by atoms with Crippen molar-refractivity contribution in [2.75, 3.05) is 20.2 Å². The number of nitrogens with zero attached hydrogens (tertiary/aromatic N) is 3. The van der Waals surface area contributed by atoms with Gasteiger partial charge < -0.3 is 14.1 Å². The van der Waals surface area contributed by atoms with Crippen molar-refractivity contribution in [2.24, 2.45) is 0 Å². The number of quaternary nitrogens is 1. The van der Waals surface area contributed by atoms with E-state index in [0.29, 0.717) is 17.7 Å². The van der Waals surface area contributed by atoms with Crippen LogP contribution in [0.2, 0.25) is 0 Å². The van der Waals surface area contributed by atoms with Crippen molar-refractivity contribution < 1.29 is 14.1 Å². The Bertz CT molecular complexity index is 1100. The molecule has 0 unspecified atom stereocenters. The van der Waals surface area contributed by atoms with Crippen LogP contribution in [0.3, 0.4) is 0 Å². The molecule has 0 bridgehead atoms. The van der Waals surface area contributed by atoms with E-state index in [0.717, 1.165) is 42.8 Å². The molecule has 1 fully saturated rings. The highest BCUT2D eigenvalue weighted by molar-refractivity contribution is 7.18. The van der Waals surface area contributed by atoms with Crippen molar-refractivity contribution >= 4 is 21.6 Å². The van der Waals surface area contributed by atoms with E-state index in [1.54, 1.807) is 7.11 Å². The molecule has 4 aromatic rings. The SMILES string of the molecule is COc1ccc(-c2nnc([C@H](C)[NH+]3CCC(c4nc5ccccc5s4)CC3)o2)cc1. The first-order valence-electron chi connectivity index (χ1n) is 10.4. The van der Waals surface area contributed by atoms with Gasteiger partial charge in [-0.25, -0.2) is 4.98 Å². The van der Waals surface area contributed by atoms with Crippen LogP contribution >= 0.6 is 11.3 Å². The number of nitrogens with one attached hydrogen (secondary N) is 1. The van der Waals surface area contributed by atoms with Gasteiger partial charge in [0.2, 0.25) is 5.89 Å². The zero-order valence-electron chi connectivity index (χ0n) is 17.2. The van der Waals surface area contributed by atoms with E-state index < -0.39 is 0 Å². The van der Waals surface area contributed by atoms with Crippen LogP contribution in [0.25, 0.3) is 21.7 Å². The van der Waals surface area contributed by atoms with Crippen LogP contribution in [-0.4, -0.2) is 35.4 Å². The fraction of sp³-hybridized carbons (Fsp3) is 0.348. The summed E-state index contributed by atoms with van der Waals surface area (Å²) in [6.07, 6.45) is 2.28. The van der Waals surface area contributed by atoms with E-state index in [1.165, 1.54) is 14.6 Å². The molecule has 1 N–H and O–H groups in total. The number of ether oxygens (including phenoxy) is 1. The largest absolute Gasteiger partial charge is 0.497 e. The average Bonchev–Trinajstić information content (AvgIpc) is 3.46. The molecular weight excluding hydrogens is 396 g/mol. The van der Waals surface area contributed by atoms with Gasteiger partial charge in [0.25, 0.3) is 5.89 Å². The Morgan fingerprint density at radius 2 is 1.83 bits per heavy atom. The molecule has 1 atom stereocenters. The minimum atomic E-state index is 0.181. The molecule has 0 spiro atoms. The Balaban J connectivity index is 1.24. The maximum absolute atomic E-state index is 6.02. The van der Waals surface area contributed by atoms with Crippen molar-refractivity contribution in [3.05, 3.63) is 59.4 Å². The molecule has 3 heterocycles. The van der Waals surface area contributed by atoms with E-state index in [4.69, 9.17) is 14.1 Å². The summed E-state index contributed by atoms with van der Waals surface area (Å²) in [6, 6.07) is 16.3. The lowest BCUT2D eigenvalue weighted by Crippen LogP contribution is -3.13. The zero-order valence-corrected chi connectivity index (χ0v) is 18.0. The topological polar surface area (TPSA) is 65.5 Å². The molecule has 6 nitrogen and oxygen atoms in total. The number of methoxy groups -OCH3 is 1. The fourth-order valence-corrected chi connectivity index (χ4v) is 5.30. The normalized spacial score (nSPS) is 20.3. The number of piperidine rings is 1. The lowest BCUT2D eigenvalue weighted by molar-refractivity contribution is -0.936. The van der Waals surface area contributed by atoms with E-state index in [-0.39, 0.29) is 6.04 Å². The van der Waals surface area contributed by atoms with Crippen molar-refractivity contribution in [3.63, 3.8) is 0 Å². The standard InChI is InChI=1S/C23H24N4O2S/c1-15(21-25-26-22(29-21)16-7-9-18(28-2)10-8-16)27-13-11-17(12-14-27)23-24-19-5-3-4-6-20(19)30-23/h3-10,15,17H,11-14H2,1-2H3/p+1/t15-/m0/s1. The molecule has 0 radical (unpaired) electrons. The number of fused-ring (bicyclic) bond motifs is 1. The smallest absolute Gasteiger partial charge is 0.274 e. The van der Waals surface area contributed by atoms with Gasteiger partial charge in [-0.05, 0) is 43.3 Å². The highest BCUT2D eigenvalue weighted by Crippen LogP contribution is 2.32. The lowest BCUT2D eigenvalue weighted by Gasteiger charge is -2.31. The van der Waals surface area contributed by atoms with Crippen molar-refractivity contribution in [1.82, 2.24) is 15.2 Å². The number of para-hydroxylation sites is 1. The van der Waals surface area contributed by atoms with E-state index in [9.17, 15) is 0 Å². The predicted octanol–water partition coefficient (Wildman–Crippen LogP) is 3.88. The molecule has 0 aliphatic carbocycles. The van der Waals surface area contributed by atoms with Gasteiger partial charge >= 0.3 is 0 Å². The van der Waals surface area contributed by atoms with E-state index >= 15 is 0 Å². The molecule has 30 heavy (non-hydrogen) atoms. The number of thiazole rings is 1. The van der Waals surface area contributed by atoms with E-state index in [1.807, 2.05) is 35.6 Å². The Hall–Kier alpha value is -2.77. The Labute approximate surface area is 179 Å². The molecule has 7 heteroatoms. The van der Waals surface area contributed by atoms with Crippen LogP contribution < -0.4 is 9.64 Å². The number of hydrogen-bond acceptors (Lipinski definition) is 6. The molecular formula is C23H25N4O2S+. The Morgan fingerprint density at radius 1 is 1.07 bits per heavy atom. The van der Waals surface area contributed by atoms with Gasteiger partial charge in [-0.15, -0.1) is 21.5 Å². The summed E-state index contributed by atoms with van der Waals surface area (Å²) in [5.41, 5.74) is 2.03. The number of likely N-dealkylation sites (tertiary alicyclic amines) is 1. The molecule has 1 aliphatic heterocycles. The zero-order chi connectivity index (χ0) is 20.5. The van der Waals surface area contributed by atoms with Crippen LogP contribution in [-0.2, 0) is 0 Å². The fourth-order valence-electron chi connectivity index (χ4n) is 4.17. The first kappa shape index (κ1) is 19.2. The second-order valence-corrected chi connectivity index (χ2v) is 8.91. The van der Waals surface area contributed by atoms with Gasteiger partial charge in [0.1, 0.15) is 5.75 Å². The van der Waals surface area contributed by atoms with Gasteiger partial charge in [0.05, 0.1) is 35.4 Å². The van der Waals surface area contributed by atoms with E-state index in [2.05, 4.69) is 41.4 Å². The monoisotopic (exact) mass is 421 g/mol. The first-order valence-corrected chi connectivity index (χ1v) is 11.2. The molecule has 0 saturated carbocycles. The van der Waals surface area contributed by atoms with Gasteiger partial charge in [-0.3, -0.25) is 0 Å². The summed E-state index contributed by atoms with van der Waals surface area (Å²) >= 11 is 1.84. The van der Waals surface area contributed by atoms with Crippen molar-refractivity contribution in [3.8, 4) is 17.2 Å². The highest BCUT2D eigenvalue weighted by Gasteiger charge is 2.32. The molecule has 5 rings (SSSR count). The first-order chi connectivity index (χ1) is 14.7. The average molecular weight is 422 g/mol. The van der Waals surface area contributed by atoms with Gasteiger partial charge in [-0.2, -0.15) is 0 Å². The Morgan fingerprint density at radius 3 is 2.57 bits per heavy atom. The van der Waals surface area contributed by atoms with Crippen molar-refractivity contribution in [1.29, 1.82) is 0 Å². The summed E-state index contributed by atoms with van der Waals surface area (Å²) in [6.45, 7) is 4.35. The number of hydrogen-bond donors (Lipinski definition) is 1. The summed E-state index contributed by atoms with van der Waals surface area (Å²) < 4.78 is 12.5. The van der Waals surface area contributed by atoms with Crippen molar-refractivity contribution in [2.45, 2.75) is 31.7 Å². The van der Waals surface area contributed by atoms with Gasteiger partial charge in [0, 0.05) is 24.3 Å². The molecule has 154 valence electrons. The number of rotatable bonds is 5. The van der Waals surface area contributed by atoms with Gasteiger partial charge in [-0.1, -0.05) is 12.1 Å². The quantitative estimate of drug-likeness (QED) is 0.530. The van der Waals surface area contributed by atoms with Crippen LogP contribution in [0.15, 0.2) is 52.9 Å². The van der Waals surface area contributed by atoms with Gasteiger partial charge in [0.15, 0.2) is 6.04 Å². The predicted molar refractivity (Wildman–Crippen MR) is 117 cm³/mol. The third-order valence-electron chi connectivity index (χ3n) is 6.05. The molecule has 2 aromatic carbocycles. The molecule has 0 amide bonds. The van der Waals surface area contributed by atoms with Crippen LogP contribution in [0.4, 0.5) is 0 Å². The maximum Gasteiger partial charge on any atom is 0.274 e.